The van der Waals surface area contributed by atoms with Crippen molar-refractivity contribution in [1.29, 1.82) is 0 Å². The Labute approximate surface area is 167 Å². The fraction of sp³-hybridized carbons (Fsp3) is 0.708. The van der Waals surface area contributed by atoms with Gasteiger partial charge in [-0.25, -0.2) is 4.39 Å². The lowest BCUT2D eigenvalue weighted by atomic mass is 9.47. The molecule has 1 saturated heterocycles. The maximum Gasteiger partial charge on any atom is 0.220 e. The number of hydrogen-bond donors (Lipinski definition) is 1. The number of nitrogens with one attached hydrogen (secondary N) is 1. The van der Waals surface area contributed by atoms with Crippen LogP contribution in [0.25, 0.3) is 0 Å². The number of amides is 1. The molecule has 1 aromatic carbocycles. The lowest BCUT2D eigenvalue weighted by Crippen LogP contribution is -2.61. The average Bonchev–Trinajstić information content (AvgIpc) is 3.00. The first kappa shape index (κ1) is 18.4. The van der Waals surface area contributed by atoms with Crippen molar-refractivity contribution < 1.29 is 13.9 Å². The van der Waals surface area contributed by atoms with Gasteiger partial charge in [-0.2, -0.15) is 0 Å². The van der Waals surface area contributed by atoms with E-state index in [2.05, 4.69) is 19.2 Å². The SMILES string of the molecule is C[C@]12CCC(=O)NC1CC[C@@H]1[C@H]2CC[C@]2(C)C(Oc3ccc(F)cc3)CC[C@@H]12. The molecular weight excluding hydrogens is 353 g/mol. The molecule has 5 rings (SSSR count). The Morgan fingerprint density at radius 3 is 2.50 bits per heavy atom. The van der Waals surface area contributed by atoms with Crippen LogP contribution >= 0.6 is 0 Å². The predicted octanol–water partition coefficient (Wildman–Crippen LogP) is 5.09. The number of carbonyl (C=O) groups is 1. The van der Waals surface area contributed by atoms with E-state index in [9.17, 15) is 9.18 Å². The van der Waals surface area contributed by atoms with E-state index in [0.29, 0.717) is 18.4 Å². The average molecular weight is 386 g/mol. The molecule has 3 nitrogen and oxygen atoms in total. The Hall–Kier alpha value is -1.58. The fourth-order valence-corrected chi connectivity index (χ4v) is 7.53. The van der Waals surface area contributed by atoms with Crippen LogP contribution in [0.1, 0.15) is 65.2 Å². The van der Waals surface area contributed by atoms with Crippen LogP contribution in [0.4, 0.5) is 4.39 Å². The van der Waals surface area contributed by atoms with Gasteiger partial charge in [-0.1, -0.05) is 13.8 Å². The summed E-state index contributed by atoms with van der Waals surface area (Å²) in [7, 11) is 0. The molecule has 0 radical (unpaired) electrons. The van der Waals surface area contributed by atoms with E-state index in [0.717, 1.165) is 36.8 Å². The summed E-state index contributed by atoms with van der Waals surface area (Å²) in [6.45, 7) is 4.88. The second-order valence-corrected chi connectivity index (χ2v) is 10.3. The summed E-state index contributed by atoms with van der Waals surface area (Å²) in [5.74, 6) is 2.99. The monoisotopic (exact) mass is 385 g/mol. The second kappa shape index (κ2) is 6.47. The summed E-state index contributed by atoms with van der Waals surface area (Å²) in [5.41, 5.74) is 0.463. The molecule has 0 spiro atoms. The molecule has 1 aliphatic heterocycles. The molecule has 28 heavy (non-hydrogen) atoms. The first-order chi connectivity index (χ1) is 13.4. The summed E-state index contributed by atoms with van der Waals surface area (Å²) < 4.78 is 19.6. The molecule has 1 heterocycles. The quantitative estimate of drug-likeness (QED) is 0.770. The molecule has 2 unspecified atom stereocenters. The highest BCUT2D eigenvalue weighted by Crippen LogP contribution is 2.64. The van der Waals surface area contributed by atoms with Gasteiger partial charge in [0.25, 0.3) is 0 Å². The van der Waals surface area contributed by atoms with Gasteiger partial charge in [-0.05, 0) is 92.4 Å². The summed E-state index contributed by atoms with van der Waals surface area (Å²) >= 11 is 0. The molecule has 4 heteroatoms. The van der Waals surface area contributed by atoms with E-state index in [4.69, 9.17) is 4.74 Å². The van der Waals surface area contributed by atoms with E-state index in [1.54, 1.807) is 12.1 Å². The number of carbonyl (C=O) groups excluding carboxylic acids is 1. The van der Waals surface area contributed by atoms with Crippen molar-refractivity contribution in [3.8, 4) is 5.75 Å². The molecule has 3 saturated carbocycles. The van der Waals surface area contributed by atoms with E-state index < -0.39 is 0 Å². The van der Waals surface area contributed by atoms with Gasteiger partial charge >= 0.3 is 0 Å². The van der Waals surface area contributed by atoms with Gasteiger partial charge < -0.3 is 10.1 Å². The Bertz CT molecular complexity index is 764. The van der Waals surface area contributed by atoms with Gasteiger partial charge in [-0.3, -0.25) is 4.79 Å². The molecular formula is C24H32FNO2. The predicted molar refractivity (Wildman–Crippen MR) is 106 cm³/mol. The maximum absolute atomic E-state index is 13.2. The molecule has 152 valence electrons. The number of piperidine rings is 1. The highest BCUT2D eigenvalue weighted by Gasteiger charge is 2.61. The zero-order valence-corrected chi connectivity index (χ0v) is 17.0. The number of halogens is 1. The van der Waals surface area contributed by atoms with Crippen molar-refractivity contribution in [1.82, 2.24) is 5.32 Å². The third-order valence-corrected chi connectivity index (χ3v) is 9.10. The topological polar surface area (TPSA) is 38.3 Å². The standard InChI is InChI=1S/C24H32FNO2/c1-23-14-12-22(27)26-20(23)9-7-17-18-8-10-21(24(18,2)13-11-19(17)23)28-16-5-3-15(25)4-6-16/h3-6,17-21H,7-14H2,1-2H3,(H,26,27)/t17-,18-,19+,20?,21?,23+,24-/m0/s1. The zero-order chi connectivity index (χ0) is 19.5. The third kappa shape index (κ3) is 2.70. The number of fused-ring (bicyclic) bond motifs is 5. The Kier molecular flexibility index (Phi) is 4.26. The number of ether oxygens (including phenoxy) is 1. The molecule has 3 aliphatic carbocycles. The van der Waals surface area contributed by atoms with Gasteiger partial charge in [0.05, 0.1) is 0 Å². The molecule has 4 fully saturated rings. The third-order valence-electron chi connectivity index (χ3n) is 9.10. The molecule has 0 bridgehead atoms. The maximum atomic E-state index is 13.2. The van der Waals surface area contributed by atoms with Crippen LogP contribution in [0.5, 0.6) is 5.75 Å². The minimum Gasteiger partial charge on any atom is -0.490 e. The largest absolute Gasteiger partial charge is 0.490 e. The summed E-state index contributed by atoms with van der Waals surface area (Å²) in [5, 5.41) is 3.31. The minimum atomic E-state index is -0.215. The van der Waals surface area contributed by atoms with Crippen molar-refractivity contribution in [2.75, 3.05) is 0 Å². The molecule has 7 atom stereocenters. The van der Waals surface area contributed by atoms with Crippen molar-refractivity contribution in [2.24, 2.45) is 28.6 Å². The molecule has 0 aromatic heterocycles. The summed E-state index contributed by atoms with van der Waals surface area (Å²) in [6, 6.07) is 6.86. The van der Waals surface area contributed by atoms with Crippen molar-refractivity contribution in [3.63, 3.8) is 0 Å². The van der Waals surface area contributed by atoms with Crippen LogP contribution in [0.2, 0.25) is 0 Å². The molecule has 1 amide bonds. The van der Waals surface area contributed by atoms with Gasteiger partial charge in [0.1, 0.15) is 17.7 Å². The smallest absolute Gasteiger partial charge is 0.220 e. The molecule has 1 aromatic rings. The Morgan fingerprint density at radius 1 is 0.964 bits per heavy atom. The fourth-order valence-electron chi connectivity index (χ4n) is 7.53. The second-order valence-electron chi connectivity index (χ2n) is 10.3. The van der Waals surface area contributed by atoms with Crippen molar-refractivity contribution >= 4 is 5.91 Å². The lowest BCUT2D eigenvalue weighted by Gasteiger charge is -2.60. The number of benzene rings is 1. The number of hydrogen-bond acceptors (Lipinski definition) is 2. The number of rotatable bonds is 2. The summed E-state index contributed by atoms with van der Waals surface area (Å²) in [6.07, 6.45) is 9.08. The van der Waals surface area contributed by atoms with E-state index >= 15 is 0 Å². The van der Waals surface area contributed by atoms with Gasteiger partial charge in [0, 0.05) is 17.9 Å². The van der Waals surface area contributed by atoms with Crippen molar-refractivity contribution in [2.45, 2.75) is 77.4 Å². The molecule has 4 aliphatic rings. The van der Waals surface area contributed by atoms with Crippen LogP contribution < -0.4 is 10.1 Å². The molecule has 1 N–H and O–H groups in total. The van der Waals surface area contributed by atoms with E-state index in [-0.39, 0.29) is 28.7 Å². The van der Waals surface area contributed by atoms with Crippen molar-refractivity contribution in [3.05, 3.63) is 30.1 Å². The minimum absolute atomic E-state index is 0.205. The van der Waals surface area contributed by atoms with Crippen LogP contribution in [-0.2, 0) is 4.79 Å². The Balaban J connectivity index is 1.36. The van der Waals surface area contributed by atoms with Gasteiger partial charge in [0.15, 0.2) is 0 Å². The summed E-state index contributed by atoms with van der Waals surface area (Å²) in [4.78, 5) is 11.9. The lowest BCUT2D eigenvalue weighted by molar-refractivity contribution is -0.137. The Morgan fingerprint density at radius 2 is 1.71 bits per heavy atom. The normalized spacial score (nSPS) is 44.8. The van der Waals surface area contributed by atoms with Gasteiger partial charge in [0.2, 0.25) is 5.91 Å². The van der Waals surface area contributed by atoms with Gasteiger partial charge in [-0.15, -0.1) is 0 Å². The van der Waals surface area contributed by atoms with Crippen LogP contribution in [-0.4, -0.2) is 18.1 Å². The van der Waals surface area contributed by atoms with E-state index in [1.807, 2.05) is 0 Å². The first-order valence-electron chi connectivity index (χ1n) is 11.1. The van der Waals surface area contributed by atoms with Crippen LogP contribution in [0.3, 0.4) is 0 Å². The van der Waals surface area contributed by atoms with E-state index in [1.165, 1.54) is 37.8 Å². The zero-order valence-electron chi connectivity index (χ0n) is 17.0. The highest BCUT2D eigenvalue weighted by atomic mass is 19.1. The first-order valence-corrected chi connectivity index (χ1v) is 11.1. The van der Waals surface area contributed by atoms with Crippen LogP contribution in [0, 0.1) is 34.4 Å². The van der Waals surface area contributed by atoms with Crippen LogP contribution in [0.15, 0.2) is 24.3 Å². The highest BCUT2D eigenvalue weighted by molar-refractivity contribution is 5.77.